The van der Waals surface area contributed by atoms with Crippen molar-refractivity contribution in [3.63, 3.8) is 0 Å². The molecule has 0 saturated carbocycles. The normalized spacial score (nSPS) is 11.1. The number of aryl methyl sites for hydroxylation is 3. The van der Waals surface area contributed by atoms with Crippen molar-refractivity contribution in [1.82, 2.24) is 29.8 Å². The van der Waals surface area contributed by atoms with E-state index in [1.807, 2.05) is 19.9 Å². The molecule has 0 atom stereocenters. The number of hydrogen-bond donors (Lipinski definition) is 1. The van der Waals surface area contributed by atoms with Gasteiger partial charge in [0.2, 0.25) is 11.0 Å². The summed E-state index contributed by atoms with van der Waals surface area (Å²) in [5.41, 5.74) is 1.70. The first-order chi connectivity index (χ1) is 11.1. The number of fused-ring (bicyclic) bond motifs is 1. The van der Waals surface area contributed by atoms with Crippen LogP contribution in [0.5, 0.6) is 0 Å². The quantitative estimate of drug-likeness (QED) is 0.769. The van der Waals surface area contributed by atoms with Crippen molar-refractivity contribution in [3.8, 4) is 0 Å². The fourth-order valence-electron chi connectivity index (χ4n) is 2.15. The maximum atomic E-state index is 12.3. The van der Waals surface area contributed by atoms with Crippen LogP contribution in [0, 0.1) is 13.8 Å². The van der Waals surface area contributed by atoms with Crippen molar-refractivity contribution in [2.24, 2.45) is 0 Å². The lowest BCUT2D eigenvalue weighted by Crippen LogP contribution is -2.13. The topological polar surface area (TPSA) is 98.0 Å². The number of aromatic nitrogens is 6. The highest BCUT2D eigenvalue weighted by molar-refractivity contribution is 7.15. The summed E-state index contributed by atoms with van der Waals surface area (Å²) < 4.78 is 1.55. The lowest BCUT2D eigenvalue weighted by Gasteiger charge is -1.97. The van der Waals surface area contributed by atoms with Gasteiger partial charge in [-0.25, -0.2) is 9.50 Å². The van der Waals surface area contributed by atoms with E-state index < -0.39 is 5.91 Å². The molecule has 0 bridgehead atoms. The third-order valence-electron chi connectivity index (χ3n) is 3.25. The molecule has 8 nitrogen and oxygen atoms in total. The zero-order valence-corrected chi connectivity index (χ0v) is 14.0. The van der Waals surface area contributed by atoms with Gasteiger partial charge < -0.3 is 0 Å². The Balaban J connectivity index is 1.78. The van der Waals surface area contributed by atoms with Gasteiger partial charge in [-0.2, -0.15) is 4.98 Å². The number of unbranched alkanes of at least 4 members (excludes halogenated alkanes) is 1. The van der Waals surface area contributed by atoms with Crippen molar-refractivity contribution < 1.29 is 4.79 Å². The van der Waals surface area contributed by atoms with Crippen LogP contribution in [0.1, 0.15) is 46.8 Å². The number of nitrogens with one attached hydrogen (secondary N) is 1. The standard InChI is InChI=1S/C14H17N7OS/c1-4-5-6-10-18-19-14(23-10)17-12(22)11-16-13-15-8(2)7-9(3)21(13)20-11/h7H,4-6H2,1-3H3,(H,17,19,22). The first kappa shape index (κ1) is 15.5. The first-order valence-corrected chi connectivity index (χ1v) is 8.23. The third kappa shape index (κ3) is 3.34. The molecule has 0 fully saturated rings. The van der Waals surface area contributed by atoms with Gasteiger partial charge in [0, 0.05) is 17.8 Å². The number of anilines is 1. The highest BCUT2D eigenvalue weighted by Crippen LogP contribution is 2.17. The lowest BCUT2D eigenvalue weighted by molar-refractivity contribution is 0.101. The van der Waals surface area contributed by atoms with Crippen LogP contribution in [0.25, 0.3) is 5.78 Å². The van der Waals surface area contributed by atoms with Gasteiger partial charge in [0.15, 0.2) is 0 Å². The van der Waals surface area contributed by atoms with Crippen molar-refractivity contribution >= 4 is 28.2 Å². The summed E-state index contributed by atoms with van der Waals surface area (Å²) in [7, 11) is 0. The minimum atomic E-state index is -0.411. The van der Waals surface area contributed by atoms with Crippen LogP contribution in [0.3, 0.4) is 0 Å². The summed E-state index contributed by atoms with van der Waals surface area (Å²) in [4.78, 5) is 20.7. The van der Waals surface area contributed by atoms with Gasteiger partial charge in [0.05, 0.1) is 0 Å². The van der Waals surface area contributed by atoms with Gasteiger partial charge in [0.1, 0.15) is 5.01 Å². The monoisotopic (exact) mass is 331 g/mol. The third-order valence-corrected chi connectivity index (χ3v) is 4.15. The van der Waals surface area contributed by atoms with Crippen LogP contribution in [-0.2, 0) is 6.42 Å². The van der Waals surface area contributed by atoms with Gasteiger partial charge in [-0.05, 0) is 26.3 Å². The number of nitrogens with zero attached hydrogens (tertiary/aromatic N) is 6. The number of amides is 1. The maximum Gasteiger partial charge on any atom is 0.297 e. The van der Waals surface area contributed by atoms with E-state index in [2.05, 4.69) is 37.5 Å². The Labute approximate surface area is 137 Å². The Kier molecular flexibility index (Phi) is 4.28. The molecule has 0 radical (unpaired) electrons. The van der Waals surface area contributed by atoms with E-state index in [1.165, 1.54) is 11.3 Å². The second-order valence-corrected chi connectivity index (χ2v) is 6.31. The number of carbonyl (C=O) groups excluding carboxylic acids is 1. The zero-order chi connectivity index (χ0) is 16.4. The van der Waals surface area contributed by atoms with Gasteiger partial charge in [-0.1, -0.05) is 24.7 Å². The summed E-state index contributed by atoms with van der Waals surface area (Å²) in [5, 5.41) is 16.3. The van der Waals surface area contributed by atoms with E-state index in [4.69, 9.17) is 0 Å². The molecule has 23 heavy (non-hydrogen) atoms. The molecule has 0 unspecified atom stereocenters. The number of rotatable bonds is 5. The Hall–Kier alpha value is -2.42. The summed E-state index contributed by atoms with van der Waals surface area (Å²) in [6, 6.07) is 1.88. The molecule has 1 amide bonds. The molecule has 3 heterocycles. The van der Waals surface area contributed by atoms with E-state index in [0.717, 1.165) is 35.7 Å². The molecule has 120 valence electrons. The van der Waals surface area contributed by atoms with Crippen LogP contribution in [0.15, 0.2) is 6.07 Å². The molecule has 0 aliphatic rings. The van der Waals surface area contributed by atoms with Crippen molar-refractivity contribution in [2.45, 2.75) is 40.0 Å². The van der Waals surface area contributed by atoms with E-state index in [0.29, 0.717) is 10.9 Å². The van der Waals surface area contributed by atoms with E-state index in [9.17, 15) is 4.79 Å². The highest BCUT2D eigenvalue weighted by Gasteiger charge is 2.17. The molecular formula is C14H17N7OS. The molecule has 0 aromatic carbocycles. The molecule has 3 aromatic rings. The molecule has 0 saturated heterocycles. The summed E-state index contributed by atoms with van der Waals surface area (Å²) in [6.07, 6.45) is 3.03. The largest absolute Gasteiger partial charge is 0.297 e. The van der Waals surface area contributed by atoms with Crippen molar-refractivity contribution in [1.29, 1.82) is 0 Å². The Morgan fingerprint density at radius 2 is 2.13 bits per heavy atom. The minimum Gasteiger partial charge on any atom is -0.294 e. The SMILES string of the molecule is CCCCc1nnc(NC(=O)c2nc3nc(C)cc(C)n3n2)s1. The van der Waals surface area contributed by atoms with Crippen LogP contribution in [0.4, 0.5) is 5.13 Å². The molecule has 0 aliphatic heterocycles. The molecular weight excluding hydrogens is 314 g/mol. The average Bonchev–Trinajstić information content (AvgIpc) is 3.11. The van der Waals surface area contributed by atoms with Crippen LogP contribution >= 0.6 is 11.3 Å². The number of hydrogen-bond acceptors (Lipinski definition) is 7. The second kappa shape index (κ2) is 6.37. The first-order valence-electron chi connectivity index (χ1n) is 7.41. The van der Waals surface area contributed by atoms with Gasteiger partial charge in [0.25, 0.3) is 11.7 Å². The lowest BCUT2D eigenvalue weighted by atomic mass is 10.3. The summed E-state index contributed by atoms with van der Waals surface area (Å²) >= 11 is 1.38. The minimum absolute atomic E-state index is 0.0662. The maximum absolute atomic E-state index is 12.3. The van der Waals surface area contributed by atoms with Crippen molar-refractivity contribution in [2.75, 3.05) is 5.32 Å². The van der Waals surface area contributed by atoms with Crippen molar-refractivity contribution in [3.05, 3.63) is 28.3 Å². The van der Waals surface area contributed by atoms with E-state index >= 15 is 0 Å². The summed E-state index contributed by atoms with van der Waals surface area (Å²) in [5.74, 6) is 0.0656. The fraction of sp³-hybridized carbons (Fsp3) is 0.429. The molecule has 0 spiro atoms. The predicted molar refractivity (Wildman–Crippen MR) is 86.7 cm³/mol. The Bertz CT molecular complexity index is 854. The van der Waals surface area contributed by atoms with E-state index in [-0.39, 0.29) is 5.82 Å². The van der Waals surface area contributed by atoms with Gasteiger partial charge in [-0.3, -0.25) is 10.1 Å². The Morgan fingerprint density at radius 1 is 1.30 bits per heavy atom. The second-order valence-electron chi connectivity index (χ2n) is 5.24. The number of carbonyl (C=O) groups is 1. The van der Waals surface area contributed by atoms with Crippen LogP contribution in [-0.4, -0.2) is 35.7 Å². The highest BCUT2D eigenvalue weighted by atomic mass is 32.1. The van der Waals surface area contributed by atoms with Crippen LogP contribution in [0.2, 0.25) is 0 Å². The summed E-state index contributed by atoms with van der Waals surface area (Å²) in [6.45, 7) is 5.89. The Morgan fingerprint density at radius 3 is 2.91 bits per heavy atom. The zero-order valence-electron chi connectivity index (χ0n) is 13.2. The molecule has 9 heteroatoms. The van der Waals surface area contributed by atoms with Gasteiger partial charge >= 0.3 is 0 Å². The fourth-order valence-corrected chi connectivity index (χ4v) is 2.93. The van der Waals surface area contributed by atoms with E-state index in [1.54, 1.807) is 4.52 Å². The molecule has 1 N–H and O–H groups in total. The molecule has 3 aromatic heterocycles. The van der Waals surface area contributed by atoms with Crippen LogP contribution < -0.4 is 5.32 Å². The predicted octanol–water partition coefficient (Wildman–Crippen LogP) is 2.19. The molecule has 3 rings (SSSR count). The smallest absolute Gasteiger partial charge is 0.294 e. The molecule has 0 aliphatic carbocycles. The van der Waals surface area contributed by atoms with Gasteiger partial charge in [-0.15, -0.1) is 15.3 Å². The average molecular weight is 331 g/mol.